The van der Waals surface area contributed by atoms with E-state index in [0.717, 1.165) is 44.3 Å². The Morgan fingerprint density at radius 2 is 1.52 bits per heavy atom. The fraction of sp³-hybridized carbons (Fsp3) is 0.603. The summed E-state index contributed by atoms with van der Waals surface area (Å²) in [5.74, 6) is -3.34. The Bertz CT molecular complexity index is 3180. The molecule has 5 heterocycles. The third-order valence-electron chi connectivity index (χ3n) is 16.4. The van der Waals surface area contributed by atoms with Gasteiger partial charge in [0.2, 0.25) is 5.78 Å². The number of piperazine rings is 2. The molecule has 4 bridgehead atoms. The molecule has 2 saturated heterocycles. The van der Waals surface area contributed by atoms with Crippen LogP contribution >= 0.6 is 0 Å². The number of aliphatic hydroxyl groups is 4. The second-order valence-electron chi connectivity index (χ2n) is 23.9. The van der Waals surface area contributed by atoms with Crippen LogP contribution in [0.1, 0.15) is 99.0 Å². The maximum absolute atomic E-state index is 15.0. The number of amides is 1. The number of methoxy groups -OCH3 is 1. The van der Waals surface area contributed by atoms with Gasteiger partial charge >= 0.3 is 28.6 Å². The molecule has 8 rings (SSSR count). The number of phenols is 1. The SMILES string of the molecule is C.CC(C)CN1CCNCC1.CO[C@H]1/C=C/C[C@@]2(C)Oc3c(C)c(=O)c4c(O)c(c5oc6cc(N7CCN(CC(C)C)CC7)ccc6nc5c4c3C2=O)NC(=O)/C(C)=C\C=C\[C@H](C)[C@H](O)[C@@H](C)[C@@H](O)[C@@H](C)[C@H](OC(=O)OCC(O)CO)[C@@H]1C.[O]=[Mn]=[O]. The molecule has 477 valence electrons. The number of aliphatic hydroxyl groups excluding tert-OH is 4. The zero-order valence-corrected chi connectivity index (χ0v) is 52.2. The number of nitrogens with zero attached hydrogens (tertiary/aromatic N) is 4. The van der Waals surface area contributed by atoms with Crippen molar-refractivity contribution in [2.75, 3.05) is 96.0 Å². The van der Waals surface area contributed by atoms with E-state index in [9.17, 15) is 39.9 Å². The van der Waals surface area contributed by atoms with Crippen LogP contribution in [0.25, 0.3) is 33.0 Å². The van der Waals surface area contributed by atoms with Crippen molar-refractivity contribution in [2.24, 2.45) is 35.5 Å². The third kappa shape index (κ3) is 16.8. The summed E-state index contributed by atoms with van der Waals surface area (Å²) in [6, 6.07) is 5.60. The minimum absolute atomic E-state index is 0. The molecule has 4 aromatic rings. The van der Waals surface area contributed by atoms with Gasteiger partial charge in [0.25, 0.3) is 5.91 Å². The molecule has 0 spiro atoms. The number of ether oxygens (including phenoxy) is 4. The Kier molecular flexibility index (Phi) is 26.3. The summed E-state index contributed by atoms with van der Waals surface area (Å²) in [5, 5.41) is 60.6. The van der Waals surface area contributed by atoms with Crippen molar-refractivity contribution in [2.45, 2.75) is 126 Å². The summed E-state index contributed by atoms with van der Waals surface area (Å²) in [7, 11) is 1.44. The van der Waals surface area contributed by atoms with Crippen LogP contribution in [0.3, 0.4) is 0 Å². The van der Waals surface area contributed by atoms with Crippen molar-refractivity contribution < 1.29 is 85.8 Å². The average Bonchev–Trinajstić information content (AvgIpc) is 1.39. The van der Waals surface area contributed by atoms with E-state index in [4.69, 9.17) is 36.0 Å². The number of aromatic nitrogens is 1. The Morgan fingerprint density at radius 3 is 2.13 bits per heavy atom. The van der Waals surface area contributed by atoms with Gasteiger partial charge in [0.1, 0.15) is 41.3 Å². The van der Waals surface area contributed by atoms with E-state index in [1.165, 1.54) is 52.8 Å². The fourth-order valence-electron chi connectivity index (χ4n) is 11.6. The van der Waals surface area contributed by atoms with Crippen molar-refractivity contribution in [3.63, 3.8) is 0 Å². The number of benzene rings is 3. The molecule has 7 N–H and O–H groups in total. The number of fused-ring (bicyclic) bond motifs is 2. The van der Waals surface area contributed by atoms with Crippen LogP contribution in [-0.2, 0) is 41.5 Å². The average molecular weight is 1240 g/mol. The summed E-state index contributed by atoms with van der Waals surface area (Å²) in [6.45, 7) is 29.6. The molecule has 4 aliphatic rings. The van der Waals surface area contributed by atoms with Gasteiger partial charge in [-0.3, -0.25) is 19.3 Å². The molecular formula is C63H92MnN6O16. The molecule has 1 unspecified atom stereocenters. The number of Topliss-reactive ketones (excluding diaryl/α,β-unsaturated/α-hetero) is 1. The molecule has 1 aromatic heterocycles. The molecule has 23 heteroatoms. The van der Waals surface area contributed by atoms with E-state index in [1.54, 1.807) is 71.9 Å². The first-order chi connectivity index (χ1) is 40.3. The summed E-state index contributed by atoms with van der Waals surface area (Å²) in [6.07, 6.45) is 1.18. The van der Waals surface area contributed by atoms with Gasteiger partial charge in [-0.15, -0.1) is 0 Å². The number of ketones is 1. The number of allylic oxidation sites excluding steroid dienone is 2. The predicted molar refractivity (Wildman–Crippen MR) is 325 cm³/mol. The molecule has 1 amide bonds. The van der Waals surface area contributed by atoms with Gasteiger partial charge in [0.05, 0.1) is 35.9 Å². The Balaban J connectivity index is 0.000000859. The van der Waals surface area contributed by atoms with Gasteiger partial charge in [-0.25, -0.2) is 9.78 Å². The van der Waals surface area contributed by atoms with E-state index >= 15 is 4.79 Å². The second kappa shape index (κ2) is 31.9. The van der Waals surface area contributed by atoms with Gasteiger partial charge in [0.15, 0.2) is 27.9 Å². The standard InChI is InChI=1S/C54H70N4O14.C8H18N2.CH4.Mn.2O/c1-27(2)24-57-19-21-58(22-20-57)34-16-17-36-38(23-34)70-50-42(55-36)39-40-46(63)33(8)49-41(39)51(65)54(9,72-49)18-12-15-37(68-10)30(5)48(71-53(67)69-26-35(60)25-59)32(7)45(62)31(6)44(61)28(3)13-11-14-29(4)52(66)56-43(50)47(40)64;1-8(2)7-10-5-3-9-4-6-10;;;;/h11-17,23,27-28,30-32,35,37,44-45,48,59-62,64H,18-22,24-26H2,1-10H3,(H,56,66);8-9H,3-7H2,1-2H3;1H4;;;/b13-11+,15-12+,29-14-;;;;;/t28-,30+,31+,32+,35?,37-,44-,45+,48+,54+;;;;;/m0...../s1. The third-order valence-corrected chi connectivity index (χ3v) is 16.4. The number of hydrogen-bond donors (Lipinski definition) is 7. The summed E-state index contributed by atoms with van der Waals surface area (Å²) in [5.41, 5.74) is -0.672. The van der Waals surface area contributed by atoms with E-state index in [0.29, 0.717) is 17.0 Å². The Labute approximate surface area is 510 Å². The molecule has 3 aromatic carbocycles. The summed E-state index contributed by atoms with van der Waals surface area (Å²) < 4.78 is 46.7. The van der Waals surface area contributed by atoms with Crippen molar-refractivity contribution >= 4 is 62.2 Å². The topological polar surface area (TPSA) is 300 Å². The first-order valence-corrected chi connectivity index (χ1v) is 30.2. The van der Waals surface area contributed by atoms with E-state index in [1.807, 2.05) is 12.1 Å². The normalized spacial score (nSPS) is 27.0. The van der Waals surface area contributed by atoms with Crippen molar-refractivity contribution in [3.8, 4) is 11.5 Å². The number of hydrogen-bond acceptors (Lipinski definition) is 21. The molecule has 0 aliphatic carbocycles. The maximum atomic E-state index is 15.0. The number of aromatic hydroxyl groups is 1. The number of carbonyl (C=O) groups excluding carboxylic acids is 3. The number of phenolic OH excluding ortho intramolecular Hbond substituents is 1. The monoisotopic (exact) mass is 1240 g/mol. The van der Waals surface area contributed by atoms with Crippen molar-refractivity contribution in [3.05, 3.63) is 75.5 Å². The number of rotatable bonds is 10. The molecule has 22 nitrogen and oxygen atoms in total. The molecule has 86 heavy (non-hydrogen) atoms. The predicted octanol–water partition coefficient (Wildman–Crippen LogP) is 7.12. The zero-order chi connectivity index (χ0) is 62.6. The summed E-state index contributed by atoms with van der Waals surface area (Å²) in [4.78, 5) is 69.0. The van der Waals surface area contributed by atoms with Gasteiger partial charge in [-0.2, -0.15) is 0 Å². The number of nitrogens with one attached hydrogen (secondary N) is 2. The molecule has 0 radical (unpaired) electrons. The van der Waals surface area contributed by atoms with Crippen LogP contribution in [0.15, 0.2) is 63.4 Å². The van der Waals surface area contributed by atoms with Crippen LogP contribution in [0.4, 0.5) is 16.2 Å². The van der Waals surface area contributed by atoms with Crippen LogP contribution in [0, 0.1) is 42.4 Å². The van der Waals surface area contributed by atoms with Gasteiger partial charge in [-0.05, 0) is 44.7 Å². The molecule has 0 saturated carbocycles. The fourth-order valence-corrected chi connectivity index (χ4v) is 11.6. The number of anilines is 2. The van der Waals surface area contributed by atoms with Crippen LogP contribution in [-0.4, -0.2) is 180 Å². The van der Waals surface area contributed by atoms with Gasteiger partial charge in [0, 0.05) is 131 Å². The van der Waals surface area contributed by atoms with Gasteiger partial charge in [-0.1, -0.05) is 93.2 Å². The van der Waals surface area contributed by atoms with Crippen molar-refractivity contribution in [1.82, 2.24) is 20.1 Å². The van der Waals surface area contributed by atoms with Crippen LogP contribution in [0.2, 0.25) is 0 Å². The quantitative estimate of drug-likeness (QED) is 0.0208. The molecule has 10 atom stereocenters. The van der Waals surface area contributed by atoms with Crippen LogP contribution < -0.4 is 25.7 Å². The number of carbonyl (C=O) groups is 3. The van der Waals surface area contributed by atoms with Crippen molar-refractivity contribution in [1.29, 1.82) is 0 Å². The second-order valence-corrected chi connectivity index (χ2v) is 24.1. The Morgan fingerprint density at radius 1 is 0.895 bits per heavy atom. The van der Waals surface area contributed by atoms with E-state index < -0.39 is 117 Å². The zero-order valence-electron chi connectivity index (χ0n) is 51.1. The minimum atomic E-state index is -1.61. The molecule has 4 aliphatic heterocycles. The van der Waals surface area contributed by atoms with E-state index in [2.05, 4.69) is 53.0 Å². The van der Waals surface area contributed by atoms with E-state index in [-0.39, 0.29) is 63.9 Å². The Hall–Kier alpha value is -5.85. The van der Waals surface area contributed by atoms with Crippen LogP contribution in [0.5, 0.6) is 11.5 Å². The first-order valence-electron chi connectivity index (χ1n) is 29.3. The first kappa shape index (κ1) is 70.9. The molecule has 2 fully saturated rings. The van der Waals surface area contributed by atoms with Gasteiger partial charge < -0.3 is 69.3 Å². The summed E-state index contributed by atoms with van der Waals surface area (Å²) >= 11 is -1.44. The molecular weight excluding hydrogens is 1150 g/mol.